The van der Waals surface area contributed by atoms with Gasteiger partial charge in [-0.25, -0.2) is 9.97 Å². The first kappa shape index (κ1) is 22.8. The van der Waals surface area contributed by atoms with Crippen molar-refractivity contribution in [3.63, 3.8) is 0 Å². The fraction of sp³-hybridized carbons (Fsp3) is 0.400. The van der Waals surface area contributed by atoms with E-state index in [4.69, 9.17) is 11.6 Å². The molecule has 0 radical (unpaired) electrons. The highest BCUT2D eigenvalue weighted by Gasteiger charge is 2.33. The molecule has 0 saturated carbocycles. The molecule has 0 aliphatic carbocycles. The molecule has 0 spiro atoms. The Morgan fingerprint density at radius 3 is 2.65 bits per heavy atom. The molecule has 2 aromatic rings. The Labute approximate surface area is 182 Å². The van der Waals surface area contributed by atoms with Crippen LogP contribution in [0.2, 0.25) is 5.02 Å². The molecular formula is C20H21ClF3N5O2. The largest absolute Gasteiger partial charge is 0.417 e. The summed E-state index contributed by atoms with van der Waals surface area (Å²) in [4.78, 5) is 34.0. The molecule has 3 heterocycles. The number of hydrogen-bond donors (Lipinski definition) is 2. The Hall–Kier alpha value is -2.88. The van der Waals surface area contributed by atoms with Crippen LogP contribution in [0.4, 0.5) is 24.8 Å². The number of nitrogens with one attached hydrogen (secondary N) is 2. The highest BCUT2D eigenvalue weighted by Crippen LogP contribution is 2.34. The molecule has 1 fully saturated rings. The average Bonchev–Trinajstić information content (AvgIpc) is 3.15. The Bertz CT molecular complexity index is 984. The third kappa shape index (κ3) is 5.63. The topological polar surface area (TPSA) is 87.2 Å². The standard InChI is InChI=1S/C20H21ClF3N5O2/c1-11(2)18(30)28-16-7-12(3-5-25-16)19(31)27-14-4-6-29(10-14)17-15(21)8-13(9-26-17)20(22,23)24/h3,5,7-9,11,14H,4,6,10H2,1-2H3,(H,27,31)(H,25,28,30). The molecule has 2 N–H and O–H groups in total. The van der Waals surface area contributed by atoms with Gasteiger partial charge < -0.3 is 15.5 Å². The van der Waals surface area contributed by atoms with Gasteiger partial charge in [-0.15, -0.1) is 0 Å². The van der Waals surface area contributed by atoms with Gasteiger partial charge in [0.05, 0.1) is 10.6 Å². The van der Waals surface area contributed by atoms with Crippen LogP contribution in [0.15, 0.2) is 30.6 Å². The van der Waals surface area contributed by atoms with Crippen molar-refractivity contribution in [2.24, 2.45) is 5.92 Å². The predicted molar refractivity (Wildman–Crippen MR) is 110 cm³/mol. The van der Waals surface area contributed by atoms with Crippen molar-refractivity contribution in [2.75, 3.05) is 23.3 Å². The lowest BCUT2D eigenvalue weighted by Crippen LogP contribution is -2.37. The second kappa shape index (κ2) is 9.09. The van der Waals surface area contributed by atoms with Gasteiger partial charge in [-0.3, -0.25) is 9.59 Å². The Morgan fingerprint density at radius 1 is 1.26 bits per heavy atom. The summed E-state index contributed by atoms with van der Waals surface area (Å²) >= 11 is 6.01. The van der Waals surface area contributed by atoms with E-state index in [1.807, 2.05) is 0 Å². The lowest BCUT2D eigenvalue weighted by molar-refractivity contribution is -0.137. The van der Waals surface area contributed by atoms with Gasteiger partial charge in [0.25, 0.3) is 5.91 Å². The zero-order valence-corrected chi connectivity index (χ0v) is 17.6. The minimum Gasteiger partial charge on any atom is -0.353 e. The van der Waals surface area contributed by atoms with E-state index in [0.29, 0.717) is 25.1 Å². The summed E-state index contributed by atoms with van der Waals surface area (Å²) in [5.74, 6) is -0.262. The van der Waals surface area contributed by atoms with Crippen LogP contribution in [-0.4, -0.2) is 40.9 Å². The number of nitrogens with zero attached hydrogens (tertiary/aromatic N) is 3. The second-order valence-corrected chi connectivity index (χ2v) is 7.91. The number of pyridine rings is 2. The van der Waals surface area contributed by atoms with Crippen molar-refractivity contribution < 1.29 is 22.8 Å². The van der Waals surface area contributed by atoms with Crippen LogP contribution in [0.5, 0.6) is 0 Å². The first-order valence-electron chi connectivity index (χ1n) is 9.60. The summed E-state index contributed by atoms with van der Waals surface area (Å²) in [5.41, 5.74) is -0.582. The van der Waals surface area contributed by atoms with Crippen LogP contribution in [-0.2, 0) is 11.0 Å². The fourth-order valence-corrected chi connectivity index (χ4v) is 3.35. The smallest absolute Gasteiger partial charge is 0.353 e. The third-order valence-electron chi connectivity index (χ3n) is 4.77. The van der Waals surface area contributed by atoms with Gasteiger partial charge in [0.1, 0.15) is 11.6 Å². The number of halogens is 4. The minimum absolute atomic E-state index is 0.0959. The van der Waals surface area contributed by atoms with Crippen LogP contribution < -0.4 is 15.5 Å². The van der Waals surface area contributed by atoms with E-state index in [1.165, 1.54) is 18.3 Å². The van der Waals surface area contributed by atoms with Crippen LogP contribution in [0.1, 0.15) is 36.2 Å². The fourth-order valence-electron chi connectivity index (χ4n) is 3.07. The van der Waals surface area contributed by atoms with Gasteiger partial charge in [-0.2, -0.15) is 13.2 Å². The number of anilines is 2. The molecule has 11 heteroatoms. The maximum absolute atomic E-state index is 12.8. The number of alkyl halides is 3. The van der Waals surface area contributed by atoms with E-state index in [0.717, 1.165) is 12.3 Å². The number of carbonyl (C=O) groups is 2. The summed E-state index contributed by atoms with van der Waals surface area (Å²) < 4.78 is 38.4. The van der Waals surface area contributed by atoms with Gasteiger partial charge in [-0.1, -0.05) is 25.4 Å². The van der Waals surface area contributed by atoms with Crippen molar-refractivity contribution >= 4 is 35.1 Å². The molecule has 1 unspecified atom stereocenters. The van der Waals surface area contributed by atoms with E-state index in [-0.39, 0.29) is 40.4 Å². The first-order chi connectivity index (χ1) is 14.5. The molecule has 1 saturated heterocycles. The molecule has 0 bridgehead atoms. The normalized spacial score (nSPS) is 16.5. The summed E-state index contributed by atoms with van der Waals surface area (Å²) in [5, 5.41) is 5.42. The van der Waals surface area contributed by atoms with Crippen LogP contribution in [0, 0.1) is 5.92 Å². The lowest BCUT2D eigenvalue weighted by Gasteiger charge is -2.20. The molecule has 1 aliphatic heterocycles. The maximum Gasteiger partial charge on any atom is 0.417 e. The van der Waals surface area contributed by atoms with Gasteiger partial charge in [-0.05, 0) is 24.6 Å². The van der Waals surface area contributed by atoms with Gasteiger partial charge in [0.2, 0.25) is 5.91 Å². The molecular weight excluding hydrogens is 435 g/mol. The molecule has 1 atom stereocenters. The van der Waals surface area contributed by atoms with Gasteiger partial charge in [0.15, 0.2) is 0 Å². The monoisotopic (exact) mass is 455 g/mol. The van der Waals surface area contributed by atoms with E-state index in [2.05, 4.69) is 20.6 Å². The van der Waals surface area contributed by atoms with Gasteiger partial charge >= 0.3 is 6.18 Å². The average molecular weight is 456 g/mol. The number of aromatic nitrogens is 2. The summed E-state index contributed by atoms with van der Waals surface area (Å²) in [6.45, 7) is 4.33. The quantitative estimate of drug-likeness (QED) is 0.717. The Balaban J connectivity index is 1.63. The van der Waals surface area contributed by atoms with Crippen molar-refractivity contribution in [3.05, 3.63) is 46.7 Å². The minimum atomic E-state index is -4.52. The number of amides is 2. The van der Waals surface area contributed by atoms with Crippen molar-refractivity contribution in [2.45, 2.75) is 32.5 Å². The second-order valence-electron chi connectivity index (χ2n) is 7.51. The predicted octanol–water partition coefficient (Wildman–Crippen LogP) is 3.75. The SMILES string of the molecule is CC(C)C(=O)Nc1cc(C(=O)NC2CCN(c3ncc(C(F)(F)F)cc3Cl)C2)ccn1. The molecule has 0 aromatic carbocycles. The molecule has 166 valence electrons. The summed E-state index contributed by atoms with van der Waals surface area (Å²) in [7, 11) is 0. The Kier molecular flexibility index (Phi) is 6.68. The van der Waals surface area contributed by atoms with Crippen molar-refractivity contribution in [1.29, 1.82) is 0 Å². The lowest BCUT2D eigenvalue weighted by atomic mass is 10.2. The molecule has 3 rings (SSSR count). The van der Waals surface area contributed by atoms with Gasteiger partial charge in [0, 0.05) is 43.0 Å². The number of carbonyl (C=O) groups excluding carboxylic acids is 2. The molecule has 31 heavy (non-hydrogen) atoms. The van der Waals surface area contributed by atoms with Crippen LogP contribution >= 0.6 is 11.6 Å². The highest BCUT2D eigenvalue weighted by atomic mass is 35.5. The maximum atomic E-state index is 12.8. The molecule has 2 aromatic heterocycles. The van der Waals surface area contributed by atoms with Crippen molar-refractivity contribution in [1.82, 2.24) is 15.3 Å². The van der Waals surface area contributed by atoms with Crippen LogP contribution in [0.3, 0.4) is 0 Å². The summed E-state index contributed by atoms with van der Waals surface area (Å²) in [6, 6.07) is 3.62. The summed E-state index contributed by atoms with van der Waals surface area (Å²) in [6.07, 6.45) is -1.77. The van der Waals surface area contributed by atoms with E-state index in [9.17, 15) is 22.8 Å². The van der Waals surface area contributed by atoms with Crippen molar-refractivity contribution in [3.8, 4) is 0 Å². The number of rotatable bonds is 5. The van der Waals surface area contributed by atoms with E-state index < -0.39 is 11.7 Å². The molecule has 7 nitrogen and oxygen atoms in total. The zero-order valence-electron chi connectivity index (χ0n) is 16.8. The van der Waals surface area contributed by atoms with Crippen LogP contribution in [0.25, 0.3) is 0 Å². The van der Waals surface area contributed by atoms with E-state index in [1.54, 1.807) is 18.7 Å². The zero-order chi connectivity index (χ0) is 22.8. The van der Waals surface area contributed by atoms with E-state index >= 15 is 0 Å². The first-order valence-corrected chi connectivity index (χ1v) is 9.98. The highest BCUT2D eigenvalue weighted by molar-refractivity contribution is 6.33. The third-order valence-corrected chi connectivity index (χ3v) is 5.05. The molecule has 1 aliphatic rings. The number of hydrogen-bond acceptors (Lipinski definition) is 5. The Morgan fingerprint density at radius 2 is 2.00 bits per heavy atom. The molecule has 2 amide bonds.